The number of hydrogen-bond acceptors (Lipinski definition) is 5. The van der Waals surface area contributed by atoms with Crippen molar-refractivity contribution < 1.29 is 28.9 Å². The highest BCUT2D eigenvalue weighted by Crippen LogP contribution is 2.44. The van der Waals surface area contributed by atoms with E-state index in [1.54, 1.807) is 36.4 Å². The standard InChI is InChI=1S/C28H26FNO5/c1-2-3-6-17-35-21-15-11-19(12-16-21)26(32)24-25(18-9-13-20(29)14-10-18)30(28(34)27(24)33)22-7-4-5-8-23(22)31/h4-5,7-16,25,31-32H,2-3,6,17H2,1H3/b26-24+. The molecule has 0 aromatic heterocycles. The van der Waals surface area contributed by atoms with Crippen LogP contribution in [0.15, 0.2) is 78.4 Å². The second kappa shape index (κ2) is 10.4. The average molecular weight is 476 g/mol. The van der Waals surface area contributed by atoms with Crippen LogP contribution in [0, 0.1) is 5.82 Å². The highest BCUT2D eigenvalue weighted by Gasteiger charge is 2.47. The van der Waals surface area contributed by atoms with Crippen molar-refractivity contribution in [2.45, 2.75) is 32.2 Å². The Hall–Kier alpha value is -4.13. The average Bonchev–Trinajstić information content (AvgIpc) is 3.13. The zero-order valence-corrected chi connectivity index (χ0v) is 19.3. The maximum Gasteiger partial charge on any atom is 0.300 e. The lowest BCUT2D eigenvalue weighted by atomic mass is 9.95. The van der Waals surface area contributed by atoms with E-state index in [1.807, 2.05) is 0 Å². The van der Waals surface area contributed by atoms with E-state index in [2.05, 4.69) is 6.92 Å². The van der Waals surface area contributed by atoms with E-state index in [4.69, 9.17) is 4.74 Å². The number of rotatable bonds is 8. The van der Waals surface area contributed by atoms with Crippen LogP contribution in [0.2, 0.25) is 0 Å². The van der Waals surface area contributed by atoms with Crippen molar-refractivity contribution in [3.63, 3.8) is 0 Å². The zero-order chi connectivity index (χ0) is 24.9. The number of halogens is 1. The number of aliphatic hydroxyl groups is 1. The van der Waals surface area contributed by atoms with Gasteiger partial charge in [0.1, 0.15) is 23.1 Å². The number of phenols is 1. The molecule has 1 saturated heterocycles. The number of Topliss-reactive ketones (excluding diaryl/α,β-unsaturated/α-hetero) is 1. The van der Waals surface area contributed by atoms with Gasteiger partial charge >= 0.3 is 0 Å². The number of unbranched alkanes of at least 4 members (excludes halogenated alkanes) is 2. The molecular weight excluding hydrogens is 449 g/mol. The number of ether oxygens (including phenoxy) is 1. The van der Waals surface area contributed by atoms with Gasteiger partial charge in [-0.05, 0) is 60.5 Å². The van der Waals surface area contributed by atoms with Gasteiger partial charge in [-0.3, -0.25) is 14.5 Å². The van der Waals surface area contributed by atoms with Gasteiger partial charge in [0.25, 0.3) is 11.7 Å². The first-order chi connectivity index (χ1) is 16.9. The SMILES string of the molecule is CCCCCOc1ccc(/C(O)=C2\C(=O)C(=O)N(c3ccccc3O)C2c2ccc(F)cc2)cc1. The van der Waals surface area contributed by atoms with E-state index in [-0.39, 0.29) is 22.8 Å². The number of hydrogen-bond donors (Lipinski definition) is 2. The Kier molecular flexibility index (Phi) is 7.15. The molecule has 0 bridgehead atoms. The van der Waals surface area contributed by atoms with Gasteiger partial charge < -0.3 is 14.9 Å². The molecule has 1 heterocycles. The quantitative estimate of drug-likeness (QED) is 0.188. The number of carbonyl (C=O) groups excluding carboxylic acids is 2. The van der Waals surface area contributed by atoms with Crippen molar-refractivity contribution in [2.75, 3.05) is 11.5 Å². The van der Waals surface area contributed by atoms with Crippen LogP contribution in [0.5, 0.6) is 11.5 Å². The summed E-state index contributed by atoms with van der Waals surface area (Å²) in [6.07, 6.45) is 3.09. The smallest absolute Gasteiger partial charge is 0.300 e. The van der Waals surface area contributed by atoms with Gasteiger partial charge in [0.15, 0.2) is 0 Å². The largest absolute Gasteiger partial charge is 0.507 e. The minimum absolute atomic E-state index is 0.110. The van der Waals surface area contributed by atoms with Crippen LogP contribution in [-0.4, -0.2) is 28.5 Å². The number of amides is 1. The van der Waals surface area contributed by atoms with Crippen molar-refractivity contribution >= 4 is 23.1 Å². The number of aliphatic hydroxyl groups excluding tert-OH is 1. The second-order valence-corrected chi connectivity index (χ2v) is 8.29. The van der Waals surface area contributed by atoms with Crippen molar-refractivity contribution in [1.29, 1.82) is 0 Å². The summed E-state index contributed by atoms with van der Waals surface area (Å²) in [5, 5.41) is 21.6. The predicted molar refractivity (Wildman–Crippen MR) is 131 cm³/mol. The Bertz CT molecular complexity index is 1250. The minimum atomic E-state index is -1.06. The molecule has 0 spiro atoms. The Morgan fingerprint density at radius 3 is 2.31 bits per heavy atom. The molecule has 6 nitrogen and oxygen atoms in total. The van der Waals surface area contributed by atoms with E-state index in [9.17, 15) is 24.2 Å². The van der Waals surface area contributed by atoms with Crippen LogP contribution < -0.4 is 9.64 Å². The molecule has 3 aromatic carbocycles. The first-order valence-corrected chi connectivity index (χ1v) is 11.5. The number of nitrogens with zero attached hydrogens (tertiary/aromatic N) is 1. The van der Waals surface area contributed by atoms with Gasteiger partial charge in [-0.1, -0.05) is 44.0 Å². The number of ketones is 1. The highest BCUT2D eigenvalue weighted by molar-refractivity contribution is 6.51. The Balaban J connectivity index is 1.76. The fraction of sp³-hybridized carbons (Fsp3) is 0.214. The van der Waals surface area contributed by atoms with Crippen LogP contribution in [0.25, 0.3) is 5.76 Å². The minimum Gasteiger partial charge on any atom is -0.507 e. The number of para-hydroxylation sites is 2. The summed E-state index contributed by atoms with van der Waals surface area (Å²) in [7, 11) is 0. The van der Waals surface area contributed by atoms with Crippen LogP contribution >= 0.6 is 0 Å². The Labute approximate surface area is 202 Å². The monoisotopic (exact) mass is 475 g/mol. The molecule has 1 unspecified atom stereocenters. The molecule has 180 valence electrons. The number of carbonyl (C=O) groups is 2. The Morgan fingerprint density at radius 1 is 0.971 bits per heavy atom. The lowest BCUT2D eigenvalue weighted by molar-refractivity contribution is -0.132. The van der Waals surface area contributed by atoms with Gasteiger partial charge in [-0.15, -0.1) is 0 Å². The van der Waals surface area contributed by atoms with Crippen molar-refractivity contribution in [3.8, 4) is 11.5 Å². The third-order valence-corrected chi connectivity index (χ3v) is 5.92. The summed E-state index contributed by atoms with van der Waals surface area (Å²) in [6.45, 7) is 2.69. The molecule has 0 saturated carbocycles. The van der Waals surface area contributed by atoms with Crippen LogP contribution in [0.4, 0.5) is 10.1 Å². The van der Waals surface area contributed by atoms with E-state index < -0.39 is 23.5 Å². The third-order valence-electron chi connectivity index (χ3n) is 5.92. The van der Waals surface area contributed by atoms with E-state index in [1.165, 1.54) is 36.4 Å². The highest BCUT2D eigenvalue weighted by atomic mass is 19.1. The summed E-state index contributed by atoms with van der Waals surface area (Å²) in [5.41, 5.74) is 0.694. The van der Waals surface area contributed by atoms with Crippen molar-refractivity contribution in [2.24, 2.45) is 0 Å². The zero-order valence-electron chi connectivity index (χ0n) is 19.3. The summed E-state index contributed by atoms with van der Waals surface area (Å²) in [5.74, 6) is -2.23. The predicted octanol–water partition coefficient (Wildman–Crippen LogP) is 5.73. The molecule has 2 N–H and O–H groups in total. The van der Waals surface area contributed by atoms with Gasteiger partial charge in [-0.2, -0.15) is 0 Å². The molecule has 0 radical (unpaired) electrons. The van der Waals surface area contributed by atoms with Crippen molar-refractivity contribution in [1.82, 2.24) is 0 Å². The number of benzene rings is 3. The lowest BCUT2D eigenvalue weighted by Gasteiger charge is -2.26. The second-order valence-electron chi connectivity index (χ2n) is 8.29. The molecule has 7 heteroatoms. The molecule has 1 aliphatic heterocycles. The van der Waals surface area contributed by atoms with Crippen LogP contribution in [0.1, 0.15) is 43.4 Å². The Morgan fingerprint density at radius 2 is 1.66 bits per heavy atom. The van der Waals surface area contributed by atoms with E-state index in [0.29, 0.717) is 23.5 Å². The molecule has 0 aliphatic carbocycles. The lowest BCUT2D eigenvalue weighted by Crippen LogP contribution is -2.29. The van der Waals surface area contributed by atoms with E-state index in [0.717, 1.165) is 24.2 Å². The molecular formula is C28H26FNO5. The number of aromatic hydroxyl groups is 1. The molecule has 4 rings (SSSR count). The maximum atomic E-state index is 13.6. The summed E-state index contributed by atoms with van der Waals surface area (Å²) in [6, 6.07) is 17.0. The fourth-order valence-corrected chi connectivity index (χ4v) is 4.12. The first-order valence-electron chi connectivity index (χ1n) is 11.5. The van der Waals surface area contributed by atoms with Crippen LogP contribution in [-0.2, 0) is 9.59 Å². The van der Waals surface area contributed by atoms with Crippen molar-refractivity contribution in [3.05, 3.63) is 95.3 Å². The van der Waals surface area contributed by atoms with Crippen LogP contribution in [0.3, 0.4) is 0 Å². The third kappa shape index (κ3) is 4.89. The summed E-state index contributed by atoms with van der Waals surface area (Å²) < 4.78 is 19.3. The van der Waals surface area contributed by atoms with Gasteiger partial charge in [-0.25, -0.2) is 4.39 Å². The normalized spacial score (nSPS) is 17.1. The maximum absolute atomic E-state index is 13.6. The molecule has 1 atom stereocenters. The topological polar surface area (TPSA) is 87.1 Å². The number of phenolic OH excluding ortho intramolecular Hbond substituents is 1. The number of anilines is 1. The molecule has 3 aromatic rings. The van der Waals surface area contributed by atoms with Gasteiger partial charge in [0.2, 0.25) is 0 Å². The van der Waals surface area contributed by atoms with Gasteiger partial charge in [0, 0.05) is 5.56 Å². The fourth-order valence-electron chi connectivity index (χ4n) is 4.12. The molecule has 35 heavy (non-hydrogen) atoms. The van der Waals surface area contributed by atoms with Gasteiger partial charge in [0.05, 0.1) is 23.9 Å². The summed E-state index contributed by atoms with van der Waals surface area (Å²) >= 11 is 0. The molecule has 1 fully saturated rings. The molecule has 1 aliphatic rings. The summed E-state index contributed by atoms with van der Waals surface area (Å²) in [4.78, 5) is 27.4. The first kappa shape index (κ1) is 24.0. The molecule has 1 amide bonds. The van der Waals surface area contributed by atoms with E-state index >= 15 is 0 Å².